The van der Waals surface area contributed by atoms with Crippen LogP contribution in [0.1, 0.15) is 22.5 Å². The maximum Gasteiger partial charge on any atom is 0.339 e. The number of ether oxygens (including phenoxy) is 2. The van der Waals surface area contributed by atoms with Crippen LogP contribution < -0.4 is 0 Å². The zero-order valence-corrected chi connectivity index (χ0v) is 10.8. The second-order valence-electron chi connectivity index (χ2n) is 4.46. The Morgan fingerprint density at radius 1 is 1.61 bits per heavy atom. The molecule has 0 amide bonds. The van der Waals surface area contributed by atoms with Crippen molar-refractivity contribution < 1.29 is 14.3 Å². The highest BCUT2D eigenvalue weighted by Gasteiger charge is 2.20. The normalized spacial score (nSPS) is 19.2. The van der Waals surface area contributed by atoms with Gasteiger partial charge in [0.25, 0.3) is 0 Å². The van der Waals surface area contributed by atoms with Gasteiger partial charge in [-0.2, -0.15) is 0 Å². The molecule has 0 bridgehead atoms. The van der Waals surface area contributed by atoms with Gasteiger partial charge in [-0.25, -0.2) is 4.79 Å². The van der Waals surface area contributed by atoms with E-state index in [1.54, 1.807) is 12.3 Å². The predicted octanol–water partition coefficient (Wildman–Crippen LogP) is 1.09. The fraction of sp³-hybridized carbons (Fsp3) is 0.538. The van der Waals surface area contributed by atoms with E-state index >= 15 is 0 Å². The van der Waals surface area contributed by atoms with Gasteiger partial charge in [-0.15, -0.1) is 0 Å². The number of likely N-dealkylation sites (N-methyl/N-ethyl adjacent to an activating group) is 1. The van der Waals surface area contributed by atoms with Gasteiger partial charge in [0.15, 0.2) is 0 Å². The Morgan fingerprint density at radius 2 is 2.44 bits per heavy atom. The average molecular weight is 250 g/mol. The van der Waals surface area contributed by atoms with Crippen LogP contribution in [0.15, 0.2) is 18.3 Å². The van der Waals surface area contributed by atoms with E-state index in [9.17, 15) is 4.79 Å². The Labute approximate surface area is 107 Å². The molecule has 0 radical (unpaired) electrons. The number of hydrogen-bond acceptors (Lipinski definition) is 5. The van der Waals surface area contributed by atoms with Gasteiger partial charge in [0.1, 0.15) is 0 Å². The first-order valence-corrected chi connectivity index (χ1v) is 6.02. The molecule has 18 heavy (non-hydrogen) atoms. The number of esters is 1. The van der Waals surface area contributed by atoms with E-state index in [4.69, 9.17) is 4.74 Å². The molecule has 98 valence electrons. The third-order valence-electron chi connectivity index (χ3n) is 3.19. The fourth-order valence-corrected chi connectivity index (χ4v) is 2.01. The molecule has 1 aliphatic rings. The maximum absolute atomic E-state index is 11.3. The van der Waals surface area contributed by atoms with Crippen molar-refractivity contribution in [2.45, 2.75) is 19.0 Å². The van der Waals surface area contributed by atoms with Crippen molar-refractivity contribution in [1.82, 2.24) is 9.88 Å². The van der Waals surface area contributed by atoms with Crippen molar-refractivity contribution in [3.63, 3.8) is 0 Å². The van der Waals surface area contributed by atoms with Gasteiger partial charge < -0.3 is 9.47 Å². The molecule has 0 N–H and O–H groups in total. The third kappa shape index (κ3) is 3.05. The molecular weight excluding hydrogens is 232 g/mol. The lowest BCUT2D eigenvalue weighted by Gasteiger charge is -2.22. The Morgan fingerprint density at radius 3 is 3.00 bits per heavy atom. The zero-order chi connectivity index (χ0) is 13.0. The quantitative estimate of drug-likeness (QED) is 0.749. The molecule has 5 heteroatoms. The summed E-state index contributed by atoms with van der Waals surface area (Å²) < 4.78 is 9.99. The van der Waals surface area contributed by atoms with Crippen LogP contribution in [0.5, 0.6) is 0 Å². The Bertz CT molecular complexity index is 399. The van der Waals surface area contributed by atoms with Crippen molar-refractivity contribution in [2.75, 3.05) is 27.4 Å². The highest BCUT2D eigenvalue weighted by atomic mass is 16.5. The smallest absolute Gasteiger partial charge is 0.339 e. The minimum atomic E-state index is -0.355. The van der Waals surface area contributed by atoms with E-state index in [1.807, 2.05) is 6.07 Å². The number of methoxy groups -OCH3 is 1. The van der Waals surface area contributed by atoms with E-state index < -0.39 is 0 Å². The van der Waals surface area contributed by atoms with Crippen LogP contribution >= 0.6 is 0 Å². The maximum atomic E-state index is 11.3. The summed E-state index contributed by atoms with van der Waals surface area (Å²) in [5.74, 6) is -0.355. The van der Waals surface area contributed by atoms with Gasteiger partial charge in [0.05, 0.1) is 25.0 Å². The molecule has 5 nitrogen and oxygen atoms in total. The SMILES string of the molecule is COC(=O)c1ccc(CN(C)C2CCOC2)nc1. The summed E-state index contributed by atoms with van der Waals surface area (Å²) in [5.41, 5.74) is 1.42. The first-order valence-electron chi connectivity index (χ1n) is 6.02. The van der Waals surface area contributed by atoms with E-state index in [0.717, 1.165) is 31.9 Å². The number of carbonyl (C=O) groups is 1. The van der Waals surface area contributed by atoms with Gasteiger partial charge >= 0.3 is 5.97 Å². The summed E-state index contributed by atoms with van der Waals surface area (Å²) in [4.78, 5) is 17.8. The molecule has 1 saturated heterocycles. The number of aromatic nitrogens is 1. The van der Waals surface area contributed by atoms with Gasteiger partial charge in [-0.1, -0.05) is 0 Å². The largest absolute Gasteiger partial charge is 0.465 e. The summed E-state index contributed by atoms with van der Waals surface area (Å²) in [7, 11) is 3.43. The lowest BCUT2D eigenvalue weighted by molar-refractivity contribution is 0.0600. The summed E-state index contributed by atoms with van der Waals surface area (Å²) in [5, 5.41) is 0. The highest BCUT2D eigenvalue weighted by molar-refractivity contribution is 5.88. The van der Waals surface area contributed by atoms with Crippen molar-refractivity contribution in [3.05, 3.63) is 29.6 Å². The van der Waals surface area contributed by atoms with E-state index in [-0.39, 0.29) is 5.97 Å². The Hall–Kier alpha value is -1.46. The van der Waals surface area contributed by atoms with Crippen LogP contribution in [0.3, 0.4) is 0 Å². The molecule has 1 aromatic heterocycles. The molecule has 0 spiro atoms. The number of carbonyl (C=O) groups excluding carboxylic acids is 1. The summed E-state index contributed by atoms with van der Waals surface area (Å²) in [6, 6.07) is 4.07. The molecule has 2 heterocycles. The van der Waals surface area contributed by atoms with Gasteiger partial charge in [0, 0.05) is 25.4 Å². The second-order valence-corrected chi connectivity index (χ2v) is 4.46. The van der Waals surface area contributed by atoms with Gasteiger partial charge in [-0.3, -0.25) is 9.88 Å². The Kier molecular flexibility index (Phi) is 4.28. The van der Waals surface area contributed by atoms with Gasteiger partial charge in [0.2, 0.25) is 0 Å². The average Bonchev–Trinajstić information content (AvgIpc) is 2.92. The van der Waals surface area contributed by atoms with Gasteiger partial charge in [-0.05, 0) is 25.6 Å². The highest BCUT2D eigenvalue weighted by Crippen LogP contribution is 2.13. The molecule has 2 rings (SSSR count). The topological polar surface area (TPSA) is 51.7 Å². The fourth-order valence-electron chi connectivity index (χ4n) is 2.01. The summed E-state index contributed by atoms with van der Waals surface area (Å²) in [6.07, 6.45) is 2.62. The number of nitrogens with zero attached hydrogens (tertiary/aromatic N) is 2. The summed E-state index contributed by atoms with van der Waals surface area (Å²) in [6.45, 7) is 2.38. The molecule has 0 aromatic carbocycles. The first kappa shape index (κ1) is 13.0. The summed E-state index contributed by atoms with van der Waals surface area (Å²) >= 11 is 0. The van der Waals surface area contributed by atoms with Crippen LogP contribution in [0.2, 0.25) is 0 Å². The molecule has 1 aliphatic heterocycles. The van der Waals surface area contributed by atoms with Crippen LogP contribution in [-0.2, 0) is 16.0 Å². The van der Waals surface area contributed by atoms with Crippen molar-refractivity contribution in [3.8, 4) is 0 Å². The number of hydrogen-bond donors (Lipinski definition) is 0. The lowest BCUT2D eigenvalue weighted by atomic mass is 10.2. The molecule has 1 fully saturated rings. The van der Waals surface area contributed by atoms with Crippen molar-refractivity contribution in [2.24, 2.45) is 0 Å². The molecular formula is C13H18N2O3. The molecule has 0 saturated carbocycles. The molecule has 1 atom stereocenters. The molecule has 0 aliphatic carbocycles. The third-order valence-corrected chi connectivity index (χ3v) is 3.19. The van der Waals surface area contributed by atoms with Crippen LogP contribution in [0.4, 0.5) is 0 Å². The predicted molar refractivity (Wildman–Crippen MR) is 66.3 cm³/mol. The monoisotopic (exact) mass is 250 g/mol. The number of rotatable bonds is 4. The van der Waals surface area contributed by atoms with E-state index in [1.165, 1.54) is 7.11 Å². The zero-order valence-electron chi connectivity index (χ0n) is 10.8. The first-order chi connectivity index (χ1) is 8.70. The molecule has 1 aromatic rings. The van der Waals surface area contributed by atoms with E-state index in [2.05, 4.69) is 21.7 Å². The second kappa shape index (κ2) is 5.93. The van der Waals surface area contributed by atoms with E-state index in [0.29, 0.717) is 11.6 Å². The standard InChI is InChI=1S/C13H18N2O3/c1-15(12-5-6-18-9-12)8-11-4-3-10(7-14-11)13(16)17-2/h3-4,7,12H,5-6,8-9H2,1-2H3. The van der Waals surface area contributed by atoms with Crippen LogP contribution in [0.25, 0.3) is 0 Å². The van der Waals surface area contributed by atoms with Crippen molar-refractivity contribution in [1.29, 1.82) is 0 Å². The minimum Gasteiger partial charge on any atom is -0.465 e. The molecule has 1 unspecified atom stereocenters. The Balaban J connectivity index is 1.95. The minimum absolute atomic E-state index is 0.355. The number of pyridine rings is 1. The lowest BCUT2D eigenvalue weighted by Crippen LogP contribution is -2.31. The van der Waals surface area contributed by atoms with Crippen LogP contribution in [-0.4, -0.2) is 49.3 Å². The van der Waals surface area contributed by atoms with Crippen LogP contribution in [0, 0.1) is 0 Å². The van der Waals surface area contributed by atoms with Crippen molar-refractivity contribution >= 4 is 5.97 Å².